The van der Waals surface area contributed by atoms with Crippen molar-refractivity contribution in [3.63, 3.8) is 0 Å². The minimum absolute atomic E-state index is 0.146. The molecule has 0 aliphatic carbocycles. The van der Waals surface area contributed by atoms with Gasteiger partial charge in [0.2, 0.25) is 0 Å². The Hall–Kier alpha value is -1.55. The summed E-state index contributed by atoms with van der Waals surface area (Å²) in [5.41, 5.74) is 0.659. The molecule has 0 spiro atoms. The predicted molar refractivity (Wildman–Crippen MR) is 76.7 cm³/mol. The largest absolute Gasteiger partial charge is 0.492 e. The first-order chi connectivity index (χ1) is 9.83. The topological polar surface area (TPSA) is 38.8 Å². The van der Waals surface area contributed by atoms with Crippen molar-refractivity contribution in [1.82, 2.24) is 4.90 Å². The third-order valence-corrected chi connectivity index (χ3v) is 3.96. The molecule has 1 fully saturated rings. The molecule has 1 aromatic carbocycles. The summed E-state index contributed by atoms with van der Waals surface area (Å²) in [7, 11) is 0. The van der Waals surface area contributed by atoms with Gasteiger partial charge in [0.05, 0.1) is 12.2 Å². The van der Waals surface area contributed by atoms with Crippen molar-refractivity contribution >= 4 is 5.78 Å². The monoisotopic (exact) mass is 275 g/mol. The number of hydrogen-bond donors (Lipinski definition) is 0. The smallest absolute Gasteiger partial charge is 0.170 e. The Morgan fingerprint density at radius 2 is 2.05 bits per heavy atom. The van der Waals surface area contributed by atoms with Gasteiger partial charge in [-0.2, -0.15) is 0 Å². The lowest BCUT2D eigenvalue weighted by Crippen LogP contribution is -2.33. The molecule has 2 aliphatic rings. The van der Waals surface area contributed by atoms with Gasteiger partial charge in [-0.15, -0.1) is 0 Å². The summed E-state index contributed by atoms with van der Waals surface area (Å²) in [6.45, 7) is 4.48. The van der Waals surface area contributed by atoms with Gasteiger partial charge < -0.3 is 9.47 Å². The van der Waals surface area contributed by atoms with Crippen LogP contribution in [0.1, 0.15) is 36.0 Å². The van der Waals surface area contributed by atoms with Gasteiger partial charge in [0.15, 0.2) is 5.78 Å². The summed E-state index contributed by atoms with van der Waals surface area (Å²) in [4.78, 5) is 14.3. The van der Waals surface area contributed by atoms with E-state index in [0.717, 1.165) is 12.3 Å². The van der Waals surface area contributed by atoms with E-state index in [2.05, 4.69) is 4.90 Å². The molecule has 1 saturated heterocycles. The van der Waals surface area contributed by atoms with Crippen LogP contribution in [0.4, 0.5) is 0 Å². The fraction of sp³-hybridized carbons (Fsp3) is 0.562. The Bertz CT molecular complexity index is 481. The zero-order valence-corrected chi connectivity index (χ0v) is 11.8. The van der Waals surface area contributed by atoms with Gasteiger partial charge >= 0.3 is 0 Å². The molecule has 2 heterocycles. The van der Waals surface area contributed by atoms with E-state index in [9.17, 15) is 4.79 Å². The minimum atomic E-state index is 0.146. The van der Waals surface area contributed by atoms with Gasteiger partial charge in [0.25, 0.3) is 0 Å². The van der Waals surface area contributed by atoms with E-state index < -0.39 is 0 Å². The highest BCUT2D eigenvalue weighted by molar-refractivity contribution is 5.99. The Labute approximate surface area is 119 Å². The number of ketones is 1. The van der Waals surface area contributed by atoms with Crippen LogP contribution >= 0.6 is 0 Å². The minimum Gasteiger partial charge on any atom is -0.492 e. The van der Waals surface area contributed by atoms with Crippen LogP contribution in [-0.4, -0.2) is 43.5 Å². The molecule has 0 bridgehead atoms. The van der Waals surface area contributed by atoms with Gasteiger partial charge in [-0.3, -0.25) is 9.69 Å². The van der Waals surface area contributed by atoms with Crippen molar-refractivity contribution in [3.8, 4) is 11.5 Å². The van der Waals surface area contributed by atoms with Crippen LogP contribution in [0.5, 0.6) is 11.5 Å². The molecule has 0 saturated carbocycles. The standard InChI is InChI=1S/C16H21NO3/c18-15-6-10-20-16-5-4-13(12-14(15)16)19-11-9-17-7-2-1-3-8-17/h4-5,12H,1-3,6-11H2. The number of benzene rings is 1. The van der Waals surface area contributed by atoms with E-state index in [4.69, 9.17) is 9.47 Å². The Balaban J connectivity index is 1.55. The normalized spacial score (nSPS) is 19.3. The van der Waals surface area contributed by atoms with Crippen molar-refractivity contribution in [2.24, 2.45) is 0 Å². The molecule has 0 N–H and O–H groups in total. The van der Waals surface area contributed by atoms with Crippen LogP contribution in [0.25, 0.3) is 0 Å². The molecule has 0 unspecified atom stereocenters. The number of rotatable bonds is 4. The molecular weight excluding hydrogens is 254 g/mol. The number of ether oxygens (including phenoxy) is 2. The van der Waals surface area contributed by atoms with Gasteiger partial charge in [-0.25, -0.2) is 0 Å². The SMILES string of the molecule is O=C1CCOc2ccc(OCCN3CCCCC3)cc21. The van der Waals surface area contributed by atoms with Gasteiger partial charge in [-0.1, -0.05) is 6.42 Å². The first-order valence-electron chi connectivity index (χ1n) is 7.48. The van der Waals surface area contributed by atoms with Crippen molar-refractivity contribution < 1.29 is 14.3 Å². The highest BCUT2D eigenvalue weighted by Crippen LogP contribution is 2.28. The van der Waals surface area contributed by atoms with Crippen molar-refractivity contribution in [2.45, 2.75) is 25.7 Å². The maximum Gasteiger partial charge on any atom is 0.170 e. The summed E-state index contributed by atoms with van der Waals surface area (Å²) in [6, 6.07) is 5.53. The Morgan fingerprint density at radius 3 is 2.90 bits per heavy atom. The summed E-state index contributed by atoms with van der Waals surface area (Å²) in [5, 5.41) is 0. The highest BCUT2D eigenvalue weighted by atomic mass is 16.5. The third-order valence-electron chi connectivity index (χ3n) is 3.96. The number of Topliss-reactive ketones (excluding diaryl/α,β-unsaturated/α-hetero) is 1. The van der Waals surface area contributed by atoms with Crippen LogP contribution < -0.4 is 9.47 Å². The summed E-state index contributed by atoms with van der Waals surface area (Å²) >= 11 is 0. The molecule has 0 amide bonds. The second kappa shape index (κ2) is 6.27. The molecule has 4 heteroatoms. The van der Waals surface area contributed by atoms with E-state index in [1.807, 2.05) is 18.2 Å². The summed E-state index contributed by atoms with van der Waals surface area (Å²) < 4.78 is 11.2. The maximum atomic E-state index is 11.8. The number of fused-ring (bicyclic) bond motifs is 1. The maximum absolute atomic E-state index is 11.8. The predicted octanol–water partition coefficient (Wildman–Crippen LogP) is 2.52. The summed E-state index contributed by atoms with van der Waals surface area (Å²) in [5.74, 6) is 1.59. The molecule has 1 aromatic rings. The highest BCUT2D eigenvalue weighted by Gasteiger charge is 2.19. The molecule has 0 aromatic heterocycles. The molecule has 2 aliphatic heterocycles. The number of carbonyl (C=O) groups is 1. The molecule has 20 heavy (non-hydrogen) atoms. The molecular formula is C16H21NO3. The summed E-state index contributed by atoms with van der Waals surface area (Å²) in [6.07, 6.45) is 4.41. The zero-order chi connectivity index (χ0) is 13.8. The number of carbonyl (C=O) groups excluding carboxylic acids is 1. The number of hydrogen-bond acceptors (Lipinski definition) is 4. The lowest BCUT2D eigenvalue weighted by Gasteiger charge is -2.26. The fourth-order valence-corrected chi connectivity index (χ4v) is 2.81. The van der Waals surface area contributed by atoms with E-state index in [1.54, 1.807) is 0 Å². The van der Waals surface area contributed by atoms with Crippen LogP contribution in [0.3, 0.4) is 0 Å². The average molecular weight is 275 g/mol. The van der Waals surface area contributed by atoms with Crippen LogP contribution in [0.2, 0.25) is 0 Å². The quantitative estimate of drug-likeness (QED) is 0.846. The van der Waals surface area contributed by atoms with E-state index in [1.165, 1.54) is 32.4 Å². The number of likely N-dealkylation sites (tertiary alicyclic amines) is 1. The molecule has 0 radical (unpaired) electrons. The zero-order valence-electron chi connectivity index (χ0n) is 11.8. The second-order valence-electron chi connectivity index (χ2n) is 5.43. The second-order valence-corrected chi connectivity index (χ2v) is 5.43. The van der Waals surface area contributed by atoms with Crippen molar-refractivity contribution in [1.29, 1.82) is 0 Å². The first-order valence-corrected chi connectivity index (χ1v) is 7.48. The van der Waals surface area contributed by atoms with E-state index >= 15 is 0 Å². The number of piperidine rings is 1. The van der Waals surface area contributed by atoms with E-state index in [0.29, 0.717) is 30.9 Å². The lowest BCUT2D eigenvalue weighted by molar-refractivity contribution is 0.0932. The van der Waals surface area contributed by atoms with E-state index in [-0.39, 0.29) is 5.78 Å². The van der Waals surface area contributed by atoms with Gasteiger partial charge in [-0.05, 0) is 44.1 Å². The van der Waals surface area contributed by atoms with Crippen molar-refractivity contribution in [2.75, 3.05) is 32.8 Å². The van der Waals surface area contributed by atoms with Crippen LogP contribution in [0.15, 0.2) is 18.2 Å². The molecule has 3 rings (SSSR count). The van der Waals surface area contributed by atoms with Crippen LogP contribution in [-0.2, 0) is 0 Å². The number of nitrogens with zero attached hydrogens (tertiary/aromatic N) is 1. The van der Waals surface area contributed by atoms with Gasteiger partial charge in [0.1, 0.15) is 18.1 Å². The average Bonchev–Trinajstić information content (AvgIpc) is 2.49. The van der Waals surface area contributed by atoms with Gasteiger partial charge in [0, 0.05) is 13.0 Å². The Kier molecular flexibility index (Phi) is 4.21. The van der Waals surface area contributed by atoms with Crippen LogP contribution in [0, 0.1) is 0 Å². The lowest BCUT2D eigenvalue weighted by atomic mass is 10.0. The first kappa shape index (κ1) is 13.4. The third kappa shape index (κ3) is 3.12. The Morgan fingerprint density at radius 1 is 1.20 bits per heavy atom. The fourth-order valence-electron chi connectivity index (χ4n) is 2.81. The van der Waals surface area contributed by atoms with Crippen molar-refractivity contribution in [3.05, 3.63) is 23.8 Å². The molecule has 108 valence electrons. The molecule has 4 nitrogen and oxygen atoms in total. The molecule has 0 atom stereocenters.